The zero-order valence-corrected chi connectivity index (χ0v) is 12.0. The maximum absolute atomic E-state index is 12.7. The second-order valence-electron chi connectivity index (χ2n) is 4.20. The summed E-state index contributed by atoms with van der Waals surface area (Å²) >= 11 is 3.41. The number of amides is 1. The van der Waals surface area contributed by atoms with E-state index < -0.39 is 5.82 Å². The third kappa shape index (κ3) is 5.12. The van der Waals surface area contributed by atoms with Gasteiger partial charge in [-0.05, 0) is 30.9 Å². The molecule has 18 heavy (non-hydrogen) atoms. The van der Waals surface area contributed by atoms with Gasteiger partial charge >= 0.3 is 0 Å². The minimum Gasteiger partial charge on any atom is -0.350 e. The largest absolute Gasteiger partial charge is 0.350 e. The summed E-state index contributed by atoms with van der Waals surface area (Å²) in [5.41, 5.74) is 0.255. The van der Waals surface area contributed by atoms with Crippen LogP contribution < -0.4 is 5.32 Å². The van der Waals surface area contributed by atoms with Gasteiger partial charge < -0.3 is 5.32 Å². The zero-order chi connectivity index (χ0) is 13.4. The zero-order valence-electron chi connectivity index (χ0n) is 10.5. The van der Waals surface area contributed by atoms with E-state index >= 15 is 0 Å². The molecule has 1 N–H and O–H groups in total. The molecular weight excluding hydrogens is 299 g/mol. The van der Waals surface area contributed by atoms with Gasteiger partial charge in [0.1, 0.15) is 11.5 Å². The van der Waals surface area contributed by atoms with Crippen LogP contribution in [0, 0.1) is 11.7 Å². The lowest BCUT2D eigenvalue weighted by atomic mass is 10.0. The van der Waals surface area contributed by atoms with E-state index in [0.29, 0.717) is 12.5 Å². The highest BCUT2D eigenvalue weighted by Crippen LogP contribution is 2.11. The van der Waals surface area contributed by atoms with Crippen LogP contribution in [0.4, 0.5) is 4.39 Å². The number of aromatic nitrogens is 1. The molecule has 1 atom stereocenters. The van der Waals surface area contributed by atoms with Gasteiger partial charge in [0.05, 0.1) is 6.20 Å². The monoisotopic (exact) mass is 316 g/mol. The number of alkyl halides is 1. The van der Waals surface area contributed by atoms with E-state index in [1.165, 1.54) is 12.1 Å². The number of carbonyl (C=O) groups excluding carboxylic acids is 1. The molecule has 1 rings (SSSR count). The fourth-order valence-corrected chi connectivity index (χ4v) is 2.40. The standard InChI is InChI=1S/C13H18BrFN2O/c1-2-3-10(6-7-14)8-17-13(18)12-5-4-11(15)9-16-12/h4-5,9-10H,2-3,6-8H2,1H3,(H,17,18). The highest BCUT2D eigenvalue weighted by Gasteiger charge is 2.11. The van der Waals surface area contributed by atoms with E-state index in [-0.39, 0.29) is 11.6 Å². The molecule has 0 aromatic carbocycles. The highest BCUT2D eigenvalue weighted by molar-refractivity contribution is 9.09. The Morgan fingerprint density at radius 2 is 2.28 bits per heavy atom. The number of pyridine rings is 1. The van der Waals surface area contributed by atoms with Crippen LogP contribution in [0.15, 0.2) is 18.3 Å². The summed E-state index contributed by atoms with van der Waals surface area (Å²) in [4.78, 5) is 15.5. The summed E-state index contributed by atoms with van der Waals surface area (Å²) in [5.74, 6) is -0.209. The number of hydrogen-bond donors (Lipinski definition) is 1. The predicted molar refractivity (Wildman–Crippen MR) is 73.3 cm³/mol. The SMILES string of the molecule is CCCC(CCBr)CNC(=O)c1ccc(F)cn1. The third-order valence-corrected chi connectivity index (χ3v) is 3.18. The van der Waals surface area contributed by atoms with E-state index in [2.05, 4.69) is 33.2 Å². The molecule has 1 amide bonds. The summed E-state index contributed by atoms with van der Waals surface area (Å²) in [5, 5.41) is 3.78. The van der Waals surface area contributed by atoms with Crippen molar-refractivity contribution in [1.82, 2.24) is 10.3 Å². The van der Waals surface area contributed by atoms with Crippen molar-refractivity contribution in [3.63, 3.8) is 0 Å². The molecule has 0 radical (unpaired) electrons. The first-order valence-electron chi connectivity index (χ1n) is 6.13. The summed E-state index contributed by atoms with van der Waals surface area (Å²) in [6.07, 6.45) is 4.27. The summed E-state index contributed by atoms with van der Waals surface area (Å²) in [6.45, 7) is 2.77. The van der Waals surface area contributed by atoms with Gasteiger partial charge in [0.25, 0.3) is 5.91 Å². The maximum atomic E-state index is 12.7. The number of hydrogen-bond acceptors (Lipinski definition) is 2. The van der Waals surface area contributed by atoms with Crippen molar-refractivity contribution in [2.45, 2.75) is 26.2 Å². The maximum Gasteiger partial charge on any atom is 0.269 e. The van der Waals surface area contributed by atoms with Crippen molar-refractivity contribution < 1.29 is 9.18 Å². The molecule has 0 saturated heterocycles. The molecule has 0 aliphatic rings. The van der Waals surface area contributed by atoms with Crippen molar-refractivity contribution in [1.29, 1.82) is 0 Å². The summed E-state index contributed by atoms with van der Waals surface area (Å²) in [7, 11) is 0. The van der Waals surface area contributed by atoms with E-state index in [9.17, 15) is 9.18 Å². The molecule has 0 fully saturated rings. The minimum absolute atomic E-state index is 0.245. The van der Waals surface area contributed by atoms with Crippen LogP contribution in [-0.4, -0.2) is 22.8 Å². The van der Waals surface area contributed by atoms with Crippen molar-refractivity contribution >= 4 is 21.8 Å². The van der Waals surface area contributed by atoms with Crippen molar-refractivity contribution in [2.75, 3.05) is 11.9 Å². The van der Waals surface area contributed by atoms with Gasteiger partial charge in [-0.25, -0.2) is 9.37 Å². The summed E-state index contributed by atoms with van der Waals surface area (Å²) in [6, 6.07) is 2.63. The van der Waals surface area contributed by atoms with Crippen molar-refractivity contribution in [3.05, 3.63) is 29.8 Å². The number of rotatable bonds is 7. The molecular formula is C13H18BrFN2O. The van der Waals surface area contributed by atoms with Gasteiger partial charge in [0.2, 0.25) is 0 Å². The third-order valence-electron chi connectivity index (χ3n) is 2.73. The lowest BCUT2D eigenvalue weighted by molar-refractivity contribution is 0.0941. The molecule has 1 unspecified atom stereocenters. The molecule has 1 heterocycles. The molecule has 3 nitrogen and oxygen atoms in total. The topological polar surface area (TPSA) is 42.0 Å². The van der Waals surface area contributed by atoms with Gasteiger partial charge in [-0.15, -0.1) is 0 Å². The van der Waals surface area contributed by atoms with Crippen LogP contribution in [0.3, 0.4) is 0 Å². The fourth-order valence-electron chi connectivity index (χ4n) is 1.75. The van der Waals surface area contributed by atoms with Crippen LogP contribution in [-0.2, 0) is 0 Å². The van der Waals surface area contributed by atoms with Gasteiger partial charge in [0, 0.05) is 11.9 Å². The Hall–Kier alpha value is -0.970. The first-order valence-corrected chi connectivity index (χ1v) is 7.25. The van der Waals surface area contributed by atoms with E-state index in [0.717, 1.165) is 30.8 Å². The van der Waals surface area contributed by atoms with Crippen LogP contribution in [0.5, 0.6) is 0 Å². The minimum atomic E-state index is -0.435. The average Bonchev–Trinajstić information content (AvgIpc) is 2.37. The van der Waals surface area contributed by atoms with Gasteiger partial charge in [0.15, 0.2) is 0 Å². The summed E-state index contributed by atoms with van der Waals surface area (Å²) < 4.78 is 12.7. The van der Waals surface area contributed by atoms with Crippen LogP contribution in [0.1, 0.15) is 36.7 Å². The molecule has 100 valence electrons. The van der Waals surface area contributed by atoms with E-state index in [1.54, 1.807) is 0 Å². The molecule has 0 saturated carbocycles. The molecule has 5 heteroatoms. The van der Waals surface area contributed by atoms with Crippen molar-refractivity contribution in [3.8, 4) is 0 Å². The highest BCUT2D eigenvalue weighted by atomic mass is 79.9. The first kappa shape index (κ1) is 15.1. The molecule has 0 spiro atoms. The van der Waals surface area contributed by atoms with E-state index in [4.69, 9.17) is 0 Å². The van der Waals surface area contributed by atoms with Gasteiger partial charge in [-0.1, -0.05) is 29.3 Å². The fraction of sp³-hybridized carbons (Fsp3) is 0.538. The van der Waals surface area contributed by atoms with Crippen molar-refractivity contribution in [2.24, 2.45) is 5.92 Å². The van der Waals surface area contributed by atoms with Gasteiger partial charge in [-0.2, -0.15) is 0 Å². The Labute approximate surface area is 115 Å². The van der Waals surface area contributed by atoms with Crippen LogP contribution >= 0.6 is 15.9 Å². The Kier molecular flexibility index (Phi) is 6.86. The molecule has 1 aromatic rings. The normalized spacial score (nSPS) is 12.2. The first-order chi connectivity index (χ1) is 8.67. The second-order valence-corrected chi connectivity index (χ2v) is 5.00. The molecule has 0 aliphatic heterocycles. The lowest BCUT2D eigenvalue weighted by Crippen LogP contribution is -2.30. The number of halogens is 2. The molecule has 0 bridgehead atoms. The van der Waals surface area contributed by atoms with Gasteiger partial charge in [-0.3, -0.25) is 4.79 Å². The Morgan fingerprint density at radius 3 is 2.83 bits per heavy atom. The smallest absolute Gasteiger partial charge is 0.269 e. The second kappa shape index (κ2) is 8.19. The van der Waals surface area contributed by atoms with Crippen LogP contribution in [0.25, 0.3) is 0 Å². The average molecular weight is 317 g/mol. The Balaban J connectivity index is 2.46. The number of nitrogens with zero attached hydrogens (tertiary/aromatic N) is 1. The predicted octanol–water partition coefficient (Wildman–Crippen LogP) is 3.15. The number of nitrogens with one attached hydrogen (secondary N) is 1. The van der Waals surface area contributed by atoms with Crippen LogP contribution in [0.2, 0.25) is 0 Å². The molecule has 0 aliphatic carbocycles. The molecule has 1 aromatic heterocycles. The number of carbonyl (C=O) groups is 1. The van der Waals surface area contributed by atoms with E-state index in [1.807, 2.05) is 0 Å². The lowest BCUT2D eigenvalue weighted by Gasteiger charge is -2.15. The Morgan fingerprint density at radius 1 is 1.50 bits per heavy atom. The quantitative estimate of drug-likeness (QED) is 0.785. The Bertz CT molecular complexity index is 364.